The number of aromatic nitrogens is 2. The Morgan fingerprint density at radius 1 is 0.947 bits per heavy atom. The molecule has 38 heavy (non-hydrogen) atoms. The van der Waals surface area contributed by atoms with E-state index < -0.39 is 11.9 Å². The number of amides is 2. The number of imidazole rings is 1. The first-order valence-corrected chi connectivity index (χ1v) is 13.4. The lowest BCUT2D eigenvalue weighted by Gasteiger charge is -2.32. The zero-order valence-corrected chi connectivity index (χ0v) is 21.6. The van der Waals surface area contributed by atoms with Gasteiger partial charge in [-0.3, -0.25) is 9.59 Å². The van der Waals surface area contributed by atoms with Crippen LogP contribution in [0.15, 0.2) is 78.9 Å². The zero-order valence-electron chi connectivity index (χ0n) is 21.6. The summed E-state index contributed by atoms with van der Waals surface area (Å²) in [7, 11) is 0. The number of carbonyl (C=O) groups is 2. The molecular formula is C31H35N5O2. The van der Waals surface area contributed by atoms with Gasteiger partial charge in [-0.05, 0) is 54.1 Å². The van der Waals surface area contributed by atoms with Crippen LogP contribution in [0, 0.1) is 5.92 Å². The molecule has 1 aliphatic rings. The Balaban J connectivity index is 1.34. The summed E-state index contributed by atoms with van der Waals surface area (Å²) in [5.41, 5.74) is 16.6. The molecule has 1 heterocycles. The number of nitrogens with two attached hydrogens (primary N) is 2. The standard InChI is InChI=1S/C31H35N5O2/c32-19-18-28-34-26-12-6-7-13-27(26)36(28)20-21-14-16-22(17-15-21)24-10-4-5-11-25(24)31(38)35-29(30(33)37)23-8-2-1-3-9-23/h1-3,6-9,12-17,24-25,29H,4-5,10-11,18-20,32H2,(H2,33,37)(H,35,38)/t24?,25?,29-/m0/s1. The van der Waals surface area contributed by atoms with Crippen molar-refractivity contribution in [3.63, 3.8) is 0 Å². The van der Waals surface area contributed by atoms with Gasteiger partial charge < -0.3 is 21.4 Å². The van der Waals surface area contributed by atoms with Crippen LogP contribution in [0.4, 0.5) is 0 Å². The summed E-state index contributed by atoms with van der Waals surface area (Å²) in [4.78, 5) is 30.4. The summed E-state index contributed by atoms with van der Waals surface area (Å²) < 4.78 is 2.24. The molecule has 0 radical (unpaired) electrons. The van der Waals surface area contributed by atoms with Crippen molar-refractivity contribution in [1.29, 1.82) is 0 Å². The van der Waals surface area contributed by atoms with Gasteiger partial charge in [0.2, 0.25) is 11.8 Å². The van der Waals surface area contributed by atoms with E-state index in [2.05, 4.69) is 40.2 Å². The minimum Gasteiger partial charge on any atom is -0.368 e. The average Bonchev–Trinajstić information content (AvgIpc) is 3.29. The van der Waals surface area contributed by atoms with Gasteiger partial charge >= 0.3 is 0 Å². The SMILES string of the molecule is NCCc1nc2ccccc2n1Cc1ccc(C2CCCCC2C(=O)N[C@H](C(N)=O)c2ccccc2)cc1. The van der Waals surface area contributed by atoms with Gasteiger partial charge in [0, 0.05) is 18.9 Å². The molecule has 0 aliphatic heterocycles. The minimum absolute atomic E-state index is 0.101. The topological polar surface area (TPSA) is 116 Å². The van der Waals surface area contributed by atoms with Gasteiger partial charge in [0.15, 0.2) is 0 Å². The third-order valence-corrected chi connectivity index (χ3v) is 7.66. The lowest BCUT2D eigenvalue weighted by molar-refractivity contribution is -0.131. The van der Waals surface area contributed by atoms with Crippen molar-refractivity contribution in [2.24, 2.45) is 17.4 Å². The Bertz CT molecular complexity index is 1400. The van der Waals surface area contributed by atoms with Crippen LogP contribution in [-0.4, -0.2) is 27.9 Å². The third-order valence-electron chi connectivity index (χ3n) is 7.66. The second-order valence-corrected chi connectivity index (χ2v) is 10.1. The Hall–Kier alpha value is -3.97. The van der Waals surface area contributed by atoms with Gasteiger partial charge in [-0.2, -0.15) is 0 Å². The maximum atomic E-state index is 13.4. The first kappa shape index (κ1) is 25.7. The molecule has 196 valence electrons. The molecule has 7 heteroatoms. The minimum atomic E-state index is -0.832. The number of nitrogens with one attached hydrogen (secondary N) is 1. The maximum absolute atomic E-state index is 13.4. The number of benzene rings is 3. The van der Waals surface area contributed by atoms with Crippen molar-refractivity contribution in [3.8, 4) is 0 Å². The molecule has 4 aromatic rings. The quantitative estimate of drug-likeness (QED) is 0.313. The number of carbonyl (C=O) groups excluding carboxylic acids is 2. The van der Waals surface area contributed by atoms with Crippen LogP contribution in [-0.2, 0) is 22.6 Å². The molecule has 1 fully saturated rings. The van der Waals surface area contributed by atoms with Crippen molar-refractivity contribution in [3.05, 3.63) is 101 Å². The molecule has 3 aromatic carbocycles. The molecule has 5 N–H and O–H groups in total. The number of primary amides is 1. The lowest BCUT2D eigenvalue weighted by Crippen LogP contribution is -2.42. The summed E-state index contributed by atoms with van der Waals surface area (Å²) in [6.45, 7) is 1.26. The highest BCUT2D eigenvalue weighted by Gasteiger charge is 2.34. The lowest BCUT2D eigenvalue weighted by atomic mass is 9.74. The van der Waals surface area contributed by atoms with Crippen LogP contribution in [0.3, 0.4) is 0 Å². The van der Waals surface area contributed by atoms with Crippen LogP contribution < -0.4 is 16.8 Å². The predicted octanol–water partition coefficient (Wildman–Crippen LogP) is 4.20. The molecule has 1 aliphatic carbocycles. The molecule has 2 unspecified atom stereocenters. The van der Waals surface area contributed by atoms with Crippen LogP contribution >= 0.6 is 0 Å². The Kier molecular flexibility index (Phi) is 7.84. The first-order chi connectivity index (χ1) is 18.5. The maximum Gasteiger partial charge on any atom is 0.244 e. The Morgan fingerprint density at radius 3 is 2.39 bits per heavy atom. The molecule has 0 saturated heterocycles. The Morgan fingerprint density at radius 2 is 1.66 bits per heavy atom. The largest absolute Gasteiger partial charge is 0.368 e. The van der Waals surface area contributed by atoms with Crippen molar-refractivity contribution < 1.29 is 9.59 Å². The van der Waals surface area contributed by atoms with E-state index >= 15 is 0 Å². The van der Waals surface area contributed by atoms with Gasteiger partial charge in [-0.25, -0.2) is 4.98 Å². The molecule has 1 saturated carbocycles. The number of hydrogen-bond acceptors (Lipinski definition) is 4. The van der Waals surface area contributed by atoms with E-state index in [-0.39, 0.29) is 17.7 Å². The molecule has 1 aromatic heterocycles. The Labute approximate surface area is 223 Å². The normalized spacial score (nSPS) is 18.2. The van der Waals surface area contributed by atoms with Crippen molar-refractivity contribution in [2.45, 2.75) is 50.6 Å². The van der Waals surface area contributed by atoms with Crippen molar-refractivity contribution >= 4 is 22.8 Å². The fourth-order valence-corrected chi connectivity index (χ4v) is 5.73. The number of nitrogens with zero attached hydrogens (tertiary/aromatic N) is 2. The smallest absolute Gasteiger partial charge is 0.244 e. The monoisotopic (exact) mass is 509 g/mol. The van der Waals surface area contributed by atoms with Gasteiger partial charge in [-0.15, -0.1) is 0 Å². The van der Waals surface area contributed by atoms with Gasteiger partial charge in [0.1, 0.15) is 11.9 Å². The second-order valence-electron chi connectivity index (χ2n) is 10.1. The first-order valence-electron chi connectivity index (χ1n) is 13.4. The summed E-state index contributed by atoms with van der Waals surface area (Å²) in [5, 5.41) is 2.94. The number of para-hydroxylation sites is 2. The number of rotatable bonds is 9. The summed E-state index contributed by atoms with van der Waals surface area (Å²) in [5.74, 6) is 0.229. The van der Waals surface area contributed by atoms with Crippen LogP contribution in [0.25, 0.3) is 11.0 Å². The van der Waals surface area contributed by atoms with E-state index in [1.54, 1.807) is 0 Å². The summed E-state index contributed by atoms with van der Waals surface area (Å²) in [6, 6.07) is 25.1. The van der Waals surface area contributed by atoms with E-state index in [1.807, 2.05) is 48.5 Å². The van der Waals surface area contributed by atoms with E-state index in [1.165, 1.54) is 5.56 Å². The average molecular weight is 510 g/mol. The summed E-state index contributed by atoms with van der Waals surface area (Å²) >= 11 is 0. The molecule has 0 bridgehead atoms. The van der Waals surface area contributed by atoms with Gasteiger partial charge in [-0.1, -0.05) is 79.6 Å². The van der Waals surface area contributed by atoms with Crippen LogP contribution in [0.5, 0.6) is 0 Å². The van der Waals surface area contributed by atoms with Crippen molar-refractivity contribution in [1.82, 2.24) is 14.9 Å². The summed E-state index contributed by atoms with van der Waals surface area (Å²) in [6.07, 6.45) is 4.54. The number of hydrogen-bond donors (Lipinski definition) is 3. The highest BCUT2D eigenvalue weighted by molar-refractivity contribution is 5.89. The molecule has 3 atom stereocenters. The van der Waals surface area contributed by atoms with Gasteiger partial charge in [0.05, 0.1) is 11.0 Å². The van der Waals surface area contributed by atoms with E-state index in [0.717, 1.165) is 54.5 Å². The third kappa shape index (κ3) is 5.48. The second kappa shape index (κ2) is 11.6. The van der Waals surface area contributed by atoms with E-state index in [0.29, 0.717) is 18.7 Å². The molecule has 7 nitrogen and oxygen atoms in total. The molecular weight excluding hydrogens is 474 g/mol. The zero-order chi connectivity index (χ0) is 26.5. The van der Waals surface area contributed by atoms with Crippen molar-refractivity contribution in [2.75, 3.05) is 6.54 Å². The van der Waals surface area contributed by atoms with Gasteiger partial charge in [0.25, 0.3) is 0 Å². The van der Waals surface area contributed by atoms with Crippen LogP contribution in [0.2, 0.25) is 0 Å². The fraction of sp³-hybridized carbons (Fsp3) is 0.323. The van der Waals surface area contributed by atoms with E-state index in [4.69, 9.17) is 16.5 Å². The predicted molar refractivity (Wildman–Crippen MR) is 149 cm³/mol. The fourth-order valence-electron chi connectivity index (χ4n) is 5.73. The molecule has 2 amide bonds. The van der Waals surface area contributed by atoms with Crippen LogP contribution in [0.1, 0.15) is 60.2 Å². The molecule has 0 spiro atoms. The molecule has 5 rings (SSSR count). The highest BCUT2D eigenvalue weighted by atomic mass is 16.2. The van der Waals surface area contributed by atoms with E-state index in [9.17, 15) is 9.59 Å². The highest BCUT2D eigenvalue weighted by Crippen LogP contribution is 2.38. The number of fused-ring (bicyclic) bond motifs is 1.